The molecular weight excluding hydrogens is 495 g/mol. The average Bonchev–Trinajstić information content (AvgIpc) is 3.12. The van der Waals surface area contributed by atoms with Crippen molar-refractivity contribution >= 4 is 33.0 Å². The van der Waals surface area contributed by atoms with Gasteiger partial charge in [-0.2, -0.15) is 0 Å². The van der Waals surface area contributed by atoms with Crippen LogP contribution in [0.1, 0.15) is 0 Å². The Kier molecular flexibility index (Phi) is 3.71. The quantitative estimate of drug-likeness (QED) is 0.297. The van der Waals surface area contributed by atoms with E-state index in [0.29, 0.717) is 11.2 Å². The normalized spacial score (nSPS) is 11.3. The molecule has 0 N–H and O–H groups in total. The maximum atomic E-state index is 13.5. The zero-order chi connectivity index (χ0) is 16.3. The van der Waals surface area contributed by atoms with E-state index in [9.17, 15) is 4.39 Å². The molecular formula is C20H12FIrN2O-. The number of imidazole rings is 1. The smallest absolute Gasteiger partial charge is 0.126 e. The van der Waals surface area contributed by atoms with E-state index < -0.39 is 0 Å². The van der Waals surface area contributed by atoms with Gasteiger partial charge in [0.15, 0.2) is 0 Å². The van der Waals surface area contributed by atoms with Gasteiger partial charge in [0.25, 0.3) is 0 Å². The number of fused-ring (bicyclic) bond motifs is 4. The van der Waals surface area contributed by atoms with Crippen LogP contribution in [0.4, 0.5) is 4.39 Å². The second-order valence-corrected chi connectivity index (χ2v) is 5.82. The summed E-state index contributed by atoms with van der Waals surface area (Å²) < 4.78 is 21.5. The number of hydrogen-bond donors (Lipinski definition) is 0. The molecule has 5 aromatic rings. The number of para-hydroxylation sites is 2. The molecule has 0 fully saturated rings. The molecule has 0 unspecified atom stereocenters. The van der Waals surface area contributed by atoms with Gasteiger partial charge in [-0.05, 0) is 24.3 Å². The number of aryl methyl sites for hydroxylation is 1. The predicted molar refractivity (Wildman–Crippen MR) is 92.2 cm³/mol. The minimum absolute atomic E-state index is 0. The van der Waals surface area contributed by atoms with E-state index in [0.717, 1.165) is 33.2 Å². The first-order chi connectivity index (χ1) is 11.7. The number of furan rings is 1. The molecule has 25 heavy (non-hydrogen) atoms. The molecule has 0 amide bonds. The van der Waals surface area contributed by atoms with Crippen molar-refractivity contribution in [2.45, 2.75) is 0 Å². The Labute approximate surface area is 156 Å². The van der Waals surface area contributed by atoms with Gasteiger partial charge in [-0.15, -0.1) is 18.2 Å². The molecule has 5 heteroatoms. The van der Waals surface area contributed by atoms with Crippen molar-refractivity contribution in [3.05, 3.63) is 66.5 Å². The Bertz CT molecular complexity index is 1240. The molecule has 0 saturated heterocycles. The third-order valence-corrected chi connectivity index (χ3v) is 4.41. The van der Waals surface area contributed by atoms with E-state index >= 15 is 0 Å². The second kappa shape index (κ2) is 5.80. The number of rotatable bonds is 1. The summed E-state index contributed by atoms with van der Waals surface area (Å²) >= 11 is 0. The van der Waals surface area contributed by atoms with Crippen molar-refractivity contribution in [1.82, 2.24) is 9.55 Å². The molecule has 0 atom stereocenters. The Morgan fingerprint density at radius 1 is 1.08 bits per heavy atom. The van der Waals surface area contributed by atoms with Crippen LogP contribution in [-0.2, 0) is 27.2 Å². The van der Waals surface area contributed by atoms with Crippen molar-refractivity contribution < 1.29 is 28.9 Å². The molecule has 0 saturated carbocycles. The van der Waals surface area contributed by atoms with Gasteiger partial charge in [-0.3, -0.25) is 4.98 Å². The number of hydrogen-bond acceptors (Lipinski definition) is 2. The van der Waals surface area contributed by atoms with E-state index in [1.54, 1.807) is 6.07 Å². The van der Waals surface area contributed by atoms with Crippen LogP contribution in [0, 0.1) is 11.9 Å². The molecule has 3 aromatic carbocycles. The van der Waals surface area contributed by atoms with Gasteiger partial charge in [0.1, 0.15) is 11.4 Å². The summed E-state index contributed by atoms with van der Waals surface area (Å²) in [5, 5.41) is 1.83. The maximum absolute atomic E-state index is 13.5. The molecule has 1 radical (unpaired) electrons. The number of halogens is 1. The average molecular weight is 508 g/mol. The summed E-state index contributed by atoms with van der Waals surface area (Å²) in [5.41, 5.74) is 3.95. The van der Waals surface area contributed by atoms with Crippen LogP contribution in [0.3, 0.4) is 0 Å². The monoisotopic (exact) mass is 508 g/mol. The number of aromatic nitrogens is 2. The molecule has 2 aromatic heterocycles. The van der Waals surface area contributed by atoms with Gasteiger partial charge in [0.05, 0.1) is 22.4 Å². The van der Waals surface area contributed by atoms with E-state index in [1.807, 2.05) is 48.0 Å². The third-order valence-electron chi connectivity index (χ3n) is 4.41. The first kappa shape index (κ1) is 16.0. The fourth-order valence-corrected chi connectivity index (χ4v) is 3.25. The minimum Gasteiger partial charge on any atom is -0.500 e. The number of nitrogens with zero attached hydrogens (tertiary/aromatic N) is 2. The van der Waals surface area contributed by atoms with Gasteiger partial charge in [0, 0.05) is 38.6 Å². The summed E-state index contributed by atoms with van der Waals surface area (Å²) in [6.45, 7) is 0. The maximum Gasteiger partial charge on any atom is 0.126 e. The summed E-state index contributed by atoms with van der Waals surface area (Å²) in [6, 6.07) is 19.6. The fraction of sp³-hybridized carbons (Fsp3) is 0.0500. The van der Waals surface area contributed by atoms with Crippen LogP contribution in [0.25, 0.3) is 44.4 Å². The van der Waals surface area contributed by atoms with Crippen LogP contribution in [0.5, 0.6) is 0 Å². The topological polar surface area (TPSA) is 31.0 Å². The van der Waals surface area contributed by atoms with E-state index in [4.69, 9.17) is 9.40 Å². The molecule has 3 nitrogen and oxygen atoms in total. The molecule has 0 aliphatic heterocycles. The van der Waals surface area contributed by atoms with Crippen LogP contribution < -0.4 is 0 Å². The van der Waals surface area contributed by atoms with Crippen molar-refractivity contribution in [2.24, 2.45) is 7.05 Å². The standard InChI is InChI=1S/C20H12FN2O.Ir/c1-23-17-8-3-2-7-16(17)22-20(23)15-6-4-5-14-13-10-9-12(21)11-18(13)24-19(14)15;/h2-5,7-11H,1H3;/q-1;. The predicted octanol–water partition coefficient (Wildman–Crippen LogP) is 5.08. The molecule has 0 aliphatic carbocycles. The fourth-order valence-electron chi connectivity index (χ4n) is 3.25. The van der Waals surface area contributed by atoms with E-state index in [2.05, 4.69) is 6.07 Å². The molecule has 0 bridgehead atoms. The first-order valence-electron chi connectivity index (χ1n) is 7.66. The van der Waals surface area contributed by atoms with Gasteiger partial charge in [-0.25, -0.2) is 4.39 Å². The third kappa shape index (κ3) is 2.31. The largest absolute Gasteiger partial charge is 0.500 e. The Balaban J connectivity index is 0.00000157. The van der Waals surface area contributed by atoms with Crippen molar-refractivity contribution in [3.63, 3.8) is 0 Å². The van der Waals surface area contributed by atoms with Crippen LogP contribution in [0.2, 0.25) is 0 Å². The van der Waals surface area contributed by atoms with Crippen molar-refractivity contribution in [2.75, 3.05) is 0 Å². The summed E-state index contributed by atoms with van der Waals surface area (Å²) in [7, 11) is 1.97. The Hall–Kier alpha value is -2.49. The Morgan fingerprint density at radius 3 is 2.76 bits per heavy atom. The molecule has 5 rings (SSSR count). The van der Waals surface area contributed by atoms with Crippen molar-refractivity contribution in [1.29, 1.82) is 0 Å². The zero-order valence-electron chi connectivity index (χ0n) is 13.2. The van der Waals surface area contributed by atoms with Crippen molar-refractivity contribution in [3.8, 4) is 11.4 Å². The van der Waals surface area contributed by atoms with E-state index in [-0.39, 0.29) is 25.9 Å². The van der Waals surface area contributed by atoms with Gasteiger partial charge >= 0.3 is 0 Å². The summed E-state index contributed by atoms with van der Waals surface area (Å²) in [5.74, 6) is 0.469. The van der Waals surface area contributed by atoms with Gasteiger partial charge in [0.2, 0.25) is 0 Å². The van der Waals surface area contributed by atoms with Crippen LogP contribution in [0.15, 0.2) is 59.0 Å². The SMILES string of the molecule is Cn1c(-c2[c-]ccc3c2oc2cc(F)ccc23)nc2ccccc21.[Ir]. The van der Waals surface area contributed by atoms with Gasteiger partial charge < -0.3 is 8.98 Å². The molecule has 2 heterocycles. The molecule has 0 spiro atoms. The zero-order valence-corrected chi connectivity index (χ0v) is 15.6. The summed E-state index contributed by atoms with van der Waals surface area (Å²) in [6.07, 6.45) is 0. The minimum atomic E-state index is -0.310. The Morgan fingerprint density at radius 2 is 1.92 bits per heavy atom. The molecule has 0 aliphatic rings. The van der Waals surface area contributed by atoms with E-state index in [1.165, 1.54) is 12.1 Å². The van der Waals surface area contributed by atoms with Crippen LogP contribution in [-0.4, -0.2) is 9.55 Å². The molecule has 125 valence electrons. The summed E-state index contributed by atoms with van der Waals surface area (Å²) in [4.78, 5) is 4.72. The number of benzene rings is 3. The second-order valence-electron chi connectivity index (χ2n) is 5.82. The van der Waals surface area contributed by atoms with Gasteiger partial charge in [-0.1, -0.05) is 23.1 Å². The first-order valence-corrected chi connectivity index (χ1v) is 7.66. The van der Waals surface area contributed by atoms with Crippen LogP contribution >= 0.6 is 0 Å².